The zero-order valence-electron chi connectivity index (χ0n) is 8.86. The molecule has 0 bridgehead atoms. The van der Waals surface area contributed by atoms with E-state index in [0.717, 1.165) is 0 Å². The smallest absolute Gasteiger partial charge is 0.307 e. The van der Waals surface area contributed by atoms with Gasteiger partial charge in [0.2, 0.25) is 5.91 Å². The summed E-state index contributed by atoms with van der Waals surface area (Å²) in [6.45, 7) is 5.46. The SMILES string of the molecule is C=CCN1CCNC(CC(=O)OC)C1=O. The second-order valence-electron chi connectivity index (χ2n) is 3.36. The molecule has 1 N–H and O–H groups in total. The minimum absolute atomic E-state index is 0.0634. The van der Waals surface area contributed by atoms with Crippen molar-refractivity contribution in [2.24, 2.45) is 0 Å². The van der Waals surface area contributed by atoms with Crippen LogP contribution in [-0.4, -0.2) is 49.6 Å². The van der Waals surface area contributed by atoms with Crippen molar-refractivity contribution in [3.05, 3.63) is 12.7 Å². The molecular formula is C10H16N2O3. The van der Waals surface area contributed by atoms with Crippen LogP contribution < -0.4 is 5.32 Å². The van der Waals surface area contributed by atoms with Crippen molar-refractivity contribution >= 4 is 11.9 Å². The zero-order valence-corrected chi connectivity index (χ0v) is 8.86. The average Bonchev–Trinajstić information content (AvgIpc) is 2.24. The van der Waals surface area contributed by atoms with E-state index >= 15 is 0 Å². The van der Waals surface area contributed by atoms with Crippen molar-refractivity contribution in [2.45, 2.75) is 12.5 Å². The van der Waals surface area contributed by atoms with E-state index in [9.17, 15) is 9.59 Å². The molecule has 1 unspecified atom stereocenters. The fourth-order valence-corrected chi connectivity index (χ4v) is 1.54. The van der Waals surface area contributed by atoms with Gasteiger partial charge in [0, 0.05) is 19.6 Å². The van der Waals surface area contributed by atoms with Crippen molar-refractivity contribution in [2.75, 3.05) is 26.7 Å². The number of carbonyl (C=O) groups excluding carboxylic acids is 2. The Kier molecular flexibility index (Phi) is 4.30. The van der Waals surface area contributed by atoms with E-state index in [1.165, 1.54) is 7.11 Å². The van der Waals surface area contributed by atoms with Crippen LogP contribution in [0.25, 0.3) is 0 Å². The third-order valence-electron chi connectivity index (χ3n) is 2.33. The number of ether oxygens (including phenoxy) is 1. The Morgan fingerprint density at radius 1 is 1.80 bits per heavy atom. The van der Waals surface area contributed by atoms with Gasteiger partial charge in [-0.05, 0) is 0 Å². The van der Waals surface area contributed by atoms with Gasteiger partial charge >= 0.3 is 5.97 Å². The van der Waals surface area contributed by atoms with E-state index < -0.39 is 6.04 Å². The number of piperazine rings is 1. The fraction of sp³-hybridized carbons (Fsp3) is 0.600. The molecule has 0 aliphatic carbocycles. The Bertz CT molecular complexity index is 265. The van der Waals surface area contributed by atoms with Crippen LogP contribution in [0.1, 0.15) is 6.42 Å². The summed E-state index contributed by atoms with van der Waals surface area (Å²) in [5.74, 6) is -0.437. The van der Waals surface area contributed by atoms with Crippen molar-refractivity contribution in [3.8, 4) is 0 Å². The predicted octanol–water partition coefficient (Wildman–Crippen LogP) is -0.464. The Labute approximate surface area is 89.1 Å². The van der Waals surface area contributed by atoms with Gasteiger partial charge in [0.15, 0.2) is 0 Å². The highest BCUT2D eigenvalue weighted by Gasteiger charge is 2.29. The molecule has 15 heavy (non-hydrogen) atoms. The molecular weight excluding hydrogens is 196 g/mol. The lowest BCUT2D eigenvalue weighted by molar-refractivity contribution is -0.146. The van der Waals surface area contributed by atoms with E-state index in [1.807, 2.05) is 0 Å². The van der Waals surface area contributed by atoms with Crippen LogP contribution in [0.3, 0.4) is 0 Å². The third-order valence-corrected chi connectivity index (χ3v) is 2.33. The largest absolute Gasteiger partial charge is 0.469 e. The van der Waals surface area contributed by atoms with E-state index in [-0.39, 0.29) is 18.3 Å². The highest BCUT2D eigenvalue weighted by atomic mass is 16.5. The normalized spacial score (nSPS) is 21.3. The summed E-state index contributed by atoms with van der Waals surface area (Å²) in [4.78, 5) is 24.5. The molecule has 0 aromatic heterocycles. The third kappa shape index (κ3) is 3.06. The summed E-state index contributed by atoms with van der Waals surface area (Å²) >= 11 is 0. The standard InChI is InChI=1S/C10H16N2O3/c1-3-5-12-6-4-11-8(10(12)14)7-9(13)15-2/h3,8,11H,1,4-7H2,2H3. The lowest BCUT2D eigenvalue weighted by Gasteiger charge is -2.31. The number of rotatable bonds is 4. The van der Waals surface area contributed by atoms with E-state index in [2.05, 4.69) is 16.6 Å². The minimum Gasteiger partial charge on any atom is -0.469 e. The maximum absolute atomic E-state index is 11.8. The lowest BCUT2D eigenvalue weighted by atomic mass is 10.1. The molecule has 1 amide bonds. The molecule has 0 spiro atoms. The highest BCUT2D eigenvalue weighted by Crippen LogP contribution is 2.05. The van der Waals surface area contributed by atoms with Crippen LogP contribution in [0, 0.1) is 0 Å². The van der Waals surface area contributed by atoms with Crippen LogP contribution in [0.5, 0.6) is 0 Å². The summed E-state index contributed by atoms with van der Waals surface area (Å²) < 4.78 is 4.53. The maximum Gasteiger partial charge on any atom is 0.307 e. The summed E-state index contributed by atoms with van der Waals surface area (Å²) in [6.07, 6.45) is 1.77. The highest BCUT2D eigenvalue weighted by molar-refractivity contribution is 5.87. The molecule has 5 nitrogen and oxygen atoms in total. The van der Waals surface area contributed by atoms with Crippen molar-refractivity contribution in [1.82, 2.24) is 10.2 Å². The number of nitrogens with zero attached hydrogens (tertiary/aromatic N) is 1. The first-order valence-corrected chi connectivity index (χ1v) is 4.89. The van der Waals surface area contributed by atoms with Gasteiger partial charge in [0.25, 0.3) is 0 Å². The van der Waals surface area contributed by atoms with E-state index in [1.54, 1.807) is 11.0 Å². The zero-order chi connectivity index (χ0) is 11.3. The van der Waals surface area contributed by atoms with Gasteiger partial charge in [0.1, 0.15) is 0 Å². The van der Waals surface area contributed by atoms with Crippen molar-refractivity contribution < 1.29 is 14.3 Å². The number of amides is 1. The second kappa shape index (κ2) is 5.50. The number of hydrogen-bond donors (Lipinski definition) is 1. The van der Waals surface area contributed by atoms with Gasteiger partial charge < -0.3 is 15.0 Å². The average molecular weight is 212 g/mol. The summed E-state index contributed by atoms with van der Waals surface area (Å²) in [5, 5.41) is 3.00. The van der Waals surface area contributed by atoms with Gasteiger partial charge in [-0.25, -0.2) is 0 Å². The van der Waals surface area contributed by atoms with Gasteiger partial charge in [-0.1, -0.05) is 6.08 Å². The number of methoxy groups -OCH3 is 1. The quantitative estimate of drug-likeness (QED) is 0.506. The van der Waals surface area contributed by atoms with Gasteiger partial charge in [0.05, 0.1) is 19.6 Å². The Morgan fingerprint density at radius 3 is 3.13 bits per heavy atom. The van der Waals surface area contributed by atoms with Crippen LogP contribution in [0.2, 0.25) is 0 Å². The molecule has 1 saturated heterocycles. The molecule has 1 aliphatic rings. The van der Waals surface area contributed by atoms with Crippen LogP contribution >= 0.6 is 0 Å². The fourth-order valence-electron chi connectivity index (χ4n) is 1.54. The monoisotopic (exact) mass is 212 g/mol. The summed E-state index contributed by atoms with van der Waals surface area (Å²) in [5.41, 5.74) is 0. The minimum atomic E-state index is -0.453. The Balaban J connectivity index is 2.54. The number of carbonyl (C=O) groups is 2. The molecule has 1 atom stereocenters. The molecule has 0 saturated carbocycles. The first kappa shape index (κ1) is 11.7. The maximum atomic E-state index is 11.8. The molecule has 0 radical (unpaired) electrons. The molecule has 1 rings (SSSR count). The molecule has 0 aromatic rings. The van der Waals surface area contributed by atoms with E-state index in [4.69, 9.17) is 0 Å². The van der Waals surface area contributed by atoms with Gasteiger partial charge in [-0.3, -0.25) is 9.59 Å². The lowest BCUT2D eigenvalue weighted by Crippen LogP contribution is -2.55. The van der Waals surface area contributed by atoms with Crippen LogP contribution in [0.4, 0.5) is 0 Å². The van der Waals surface area contributed by atoms with Crippen LogP contribution in [0.15, 0.2) is 12.7 Å². The van der Waals surface area contributed by atoms with Gasteiger partial charge in [-0.15, -0.1) is 6.58 Å². The number of esters is 1. The summed E-state index contributed by atoms with van der Waals surface area (Å²) in [6, 6.07) is -0.453. The predicted molar refractivity (Wildman–Crippen MR) is 55.2 cm³/mol. The molecule has 1 heterocycles. The molecule has 5 heteroatoms. The van der Waals surface area contributed by atoms with E-state index in [0.29, 0.717) is 19.6 Å². The Morgan fingerprint density at radius 2 is 2.53 bits per heavy atom. The topological polar surface area (TPSA) is 58.6 Å². The van der Waals surface area contributed by atoms with Crippen LogP contribution in [-0.2, 0) is 14.3 Å². The summed E-state index contributed by atoms with van der Waals surface area (Å²) in [7, 11) is 1.32. The molecule has 84 valence electrons. The molecule has 0 aromatic carbocycles. The Hall–Kier alpha value is -1.36. The van der Waals surface area contributed by atoms with Crippen molar-refractivity contribution in [1.29, 1.82) is 0 Å². The first-order chi connectivity index (χ1) is 7.19. The molecule has 1 fully saturated rings. The van der Waals surface area contributed by atoms with Gasteiger partial charge in [-0.2, -0.15) is 0 Å². The first-order valence-electron chi connectivity index (χ1n) is 4.89. The number of hydrogen-bond acceptors (Lipinski definition) is 4. The second-order valence-corrected chi connectivity index (χ2v) is 3.36. The molecule has 1 aliphatic heterocycles. The van der Waals surface area contributed by atoms with Crippen molar-refractivity contribution in [3.63, 3.8) is 0 Å². The number of nitrogens with one attached hydrogen (secondary N) is 1.